The van der Waals surface area contributed by atoms with Crippen LogP contribution in [0.1, 0.15) is 5.76 Å². The summed E-state index contributed by atoms with van der Waals surface area (Å²) in [5, 5.41) is 9.10. The second-order valence-corrected chi connectivity index (χ2v) is 6.46. The largest absolute Gasteiger partial charge is 0.501 e. The Balaban J connectivity index is 1.80. The lowest BCUT2D eigenvalue weighted by atomic mass is 10.2. The number of fused-ring (bicyclic) bond motifs is 1. The number of alkyl halides is 3. The number of rotatable bonds is 5. The molecule has 0 unspecified atom stereocenters. The van der Waals surface area contributed by atoms with Crippen molar-refractivity contribution in [2.24, 2.45) is 0 Å². The van der Waals surface area contributed by atoms with Crippen molar-refractivity contribution in [3.63, 3.8) is 0 Å². The molecule has 32 heavy (non-hydrogen) atoms. The summed E-state index contributed by atoms with van der Waals surface area (Å²) < 4.78 is 61.0. The summed E-state index contributed by atoms with van der Waals surface area (Å²) in [5.41, 5.74) is -3.85. The third-order valence-corrected chi connectivity index (χ3v) is 4.42. The fourth-order valence-corrected chi connectivity index (χ4v) is 2.83. The molecule has 164 valence electrons. The minimum atomic E-state index is -5.08. The second kappa shape index (κ2) is 7.45. The number of methoxy groups -OCH3 is 1. The lowest BCUT2D eigenvalue weighted by Gasteiger charge is -2.14. The summed E-state index contributed by atoms with van der Waals surface area (Å²) in [6.07, 6.45) is -5.08. The highest BCUT2D eigenvalue weighted by molar-refractivity contribution is 5.80. The van der Waals surface area contributed by atoms with E-state index in [0.29, 0.717) is 5.75 Å². The molecule has 4 aromatic rings. The van der Waals surface area contributed by atoms with Gasteiger partial charge in [-0.2, -0.15) is 13.2 Å². The molecule has 0 atom stereocenters. The summed E-state index contributed by atoms with van der Waals surface area (Å²) in [6.45, 7) is 0. The Hall–Kier alpha value is -4.28. The van der Waals surface area contributed by atoms with Gasteiger partial charge in [-0.05, 0) is 36.4 Å². The molecule has 0 fully saturated rings. The van der Waals surface area contributed by atoms with Gasteiger partial charge >= 0.3 is 6.18 Å². The summed E-state index contributed by atoms with van der Waals surface area (Å²) in [6, 6.07) is 8.67. The molecule has 1 heterocycles. The second-order valence-electron chi connectivity index (χ2n) is 6.46. The Morgan fingerprint density at radius 3 is 2.00 bits per heavy atom. The topological polar surface area (TPSA) is 112 Å². The van der Waals surface area contributed by atoms with E-state index in [4.69, 9.17) is 18.6 Å². The van der Waals surface area contributed by atoms with Gasteiger partial charge in [0.2, 0.25) is 22.7 Å². The smallest absolute Gasteiger partial charge is 0.453 e. The van der Waals surface area contributed by atoms with Gasteiger partial charge in [-0.1, -0.05) is 0 Å². The first kappa shape index (κ1) is 21.0. The van der Waals surface area contributed by atoms with E-state index in [-0.39, 0.29) is 16.9 Å². The first-order valence-corrected chi connectivity index (χ1v) is 8.80. The molecule has 0 amide bonds. The molecule has 3 aromatic carbocycles. The number of halogens is 3. The predicted octanol–water partition coefficient (Wildman–Crippen LogP) is 3.71. The molecule has 0 radical (unpaired) electrons. The molecule has 0 aliphatic carbocycles. The summed E-state index contributed by atoms with van der Waals surface area (Å²) in [4.78, 5) is 35.2. The van der Waals surface area contributed by atoms with Crippen LogP contribution in [0.25, 0.3) is 11.0 Å². The van der Waals surface area contributed by atoms with Crippen molar-refractivity contribution in [3.8, 4) is 34.5 Å². The molecule has 0 aliphatic heterocycles. The third kappa shape index (κ3) is 3.53. The van der Waals surface area contributed by atoms with E-state index in [0.717, 1.165) is 18.2 Å². The Morgan fingerprint density at radius 1 is 0.812 bits per heavy atom. The maximum absolute atomic E-state index is 13.6. The van der Waals surface area contributed by atoms with Gasteiger partial charge < -0.3 is 23.7 Å². The van der Waals surface area contributed by atoms with E-state index in [1.807, 2.05) is 0 Å². The van der Waals surface area contributed by atoms with Gasteiger partial charge in [-0.3, -0.25) is 14.4 Å². The van der Waals surface area contributed by atoms with Crippen molar-refractivity contribution in [3.05, 3.63) is 78.9 Å². The van der Waals surface area contributed by atoms with Crippen molar-refractivity contribution >= 4 is 11.0 Å². The van der Waals surface area contributed by atoms with Gasteiger partial charge in [0, 0.05) is 6.07 Å². The van der Waals surface area contributed by atoms with Crippen molar-refractivity contribution in [2.45, 2.75) is 6.18 Å². The van der Waals surface area contributed by atoms with E-state index in [1.165, 1.54) is 31.4 Å². The molecule has 1 N–H and O–H groups in total. The maximum atomic E-state index is 13.6. The van der Waals surface area contributed by atoms with Crippen LogP contribution in [0.15, 0.2) is 61.3 Å². The molecule has 0 saturated heterocycles. The Bertz CT molecular complexity index is 1460. The van der Waals surface area contributed by atoms with Crippen LogP contribution in [-0.4, -0.2) is 12.2 Å². The van der Waals surface area contributed by atoms with Crippen LogP contribution in [0.3, 0.4) is 0 Å². The SMILES string of the molecule is COc1ccc(Oc2c(C(F)(F)F)oc3cc(Oc4c(O)c(=O)c4=O)ccc3c2=O)cc1. The highest BCUT2D eigenvalue weighted by Gasteiger charge is 2.40. The molecule has 4 rings (SSSR count). The first-order chi connectivity index (χ1) is 15.1. The van der Waals surface area contributed by atoms with E-state index in [9.17, 15) is 32.7 Å². The molecule has 0 bridgehead atoms. The fourth-order valence-electron chi connectivity index (χ4n) is 2.83. The van der Waals surface area contributed by atoms with Crippen LogP contribution in [0.4, 0.5) is 13.2 Å². The Kier molecular flexibility index (Phi) is 4.88. The Labute approximate surface area is 175 Å². The lowest BCUT2D eigenvalue weighted by Crippen LogP contribution is -2.30. The molecule has 11 heteroatoms. The van der Waals surface area contributed by atoms with Crippen LogP contribution in [0.2, 0.25) is 0 Å². The van der Waals surface area contributed by atoms with Crippen molar-refractivity contribution in [1.82, 2.24) is 0 Å². The van der Waals surface area contributed by atoms with Gasteiger partial charge in [0.25, 0.3) is 16.6 Å². The lowest BCUT2D eigenvalue weighted by molar-refractivity contribution is -0.154. The van der Waals surface area contributed by atoms with Gasteiger partial charge in [0.05, 0.1) is 12.5 Å². The minimum Gasteiger partial charge on any atom is -0.501 e. The molecule has 1 aromatic heterocycles. The van der Waals surface area contributed by atoms with Crippen LogP contribution < -0.4 is 30.5 Å². The maximum Gasteiger partial charge on any atom is 0.453 e. The number of ether oxygens (including phenoxy) is 3. The quantitative estimate of drug-likeness (QED) is 0.460. The van der Waals surface area contributed by atoms with E-state index in [2.05, 4.69) is 0 Å². The van der Waals surface area contributed by atoms with Crippen LogP contribution in [0, 0.1) is 0 Å². The molecule has 0 spiro atoms. The molecular weight excluding hydrogens is 437 g/mol. The monoisotopic (exact) mass is 448 g/mol. The van der Waals surface area contributed by atoms with Gasteiger partial charge in [-0.15, -0.1) is 0 Å². The molecular formula is C21H11F3O8. The highest BCUT2D eigenvalue weighted by Crippen LogP contribution is 2.39. The minimum absolute atomic E-state index is 0.0570. The molecule has 0 saturated carbocycles. The van der Waals surface area contributed by atoms with E-state index in [1.54, 1.807) is 0 Å². The Morgan fingerprint density at radius 2 is 1.41 bits per heavy atom. The highest BCUT2D eigenvalue weighted by atomic mass is 19.4. The van der Waals surface area contributed by atoms with Crippen molar-refractivity contribution in [1.29, 1.82) is 0 Å². The van der Waals surface area contributed by atoms with Crippen molar-refractivity contribution < 1.29 is 36.9 Å². The number of aromatic hydroxyl groups is 1. The summed E-state index contributed by atoms with van der Waals surface area (Å²) in [5.74, 6) is -4.18. The van der Waals surface area contributed by atoms with Gasteiger partial charge in [0.15, 0.2) is 0 Å². The number of hydrogen-bond acceptors (Lipinski definition) is 8. The zero-order valence-corrected chi connectivity index (χ0v) is 16.0. The fraction of sp³-hybridized carbons (Fsp3) is 0.0952. The van der Waals surface area contributed by atoms with E-state index < -0.39 is 51.1 Å². The predicted molar refractivity (Wildman–Crippen MR) is 104 cm³/mol. The van der Waals surface area contributed by atoms with Crippen LogP contribution >= 0.6 is 0 Å². The third-order valence-electron chi connectivity index (χ3n) is 4.42. The standard InChI is InChI=1S/C21H11F3O8/c1-29-9-2-4-10(5-3-9)30-19-14(25)12-7-6-11(31-18-16(27)15(26)17(18)28)8-13(12)32-20(19)21(22,23)24/h2-8,27H,1H3. The molecule has 0 aliphatic rings. The number of benzene rings is 2. The van der Waals surface area contributed by atoms with E-state index >= 15 is 0 Å². The van der Waals surface area contributed by atoms with Gasteiger partial charge in [0.1, 0.15) is 22.8 Å². The normalized spacial score (nSPS) is 11.6. The first-order valence-electron chi connectivity index (χ1n) is 8.80. The van der Waals surface area contributed by atoms with Crippen LogP contribution in [0.5, 0.6) is 34.5 Å². The average Bonchev–Trinajstić information content (AvgIpc) is 2.78. The number of hydrogen-bond donors (Lipinski definition) is 1. The summed E-state index contributed by atoms with van der Waals surface area (Å²) >= 11 is 0. The summed E-state index contributed by atoms with van der Waals surface area (Å²) in [7, 11) is 1.41. The molecule has 8 nitrogen and oxygen atoms in total. The zero-order valence-electron chi connectivity index (χ0n) is 16.0. The van der Waals surface area contributed by atoms with Crippen LogP contribution in [-0.2, 0) is 6.18 Å². The average molecular weight is 448 g/mol. The van der Waals surface area contributed by atoms with Crippen molar-refractivity contribution in [2.75, 3.05) is 7.11 Å². The van der Waals surface area contributed by atoms with Gasteiger partial charge in [-0.25, -0.2) is 0 Å². The zero-order chi connectivity index (χ0) is 23.2.